The van der Waals surface area contributed by atoms with Crippen molar-refractivity contribution in [1.82, 2.24) is 4.90 Å². The van der Waals surface area contributed by atoms with Crippen molar-refractivity contribution in [2.75, 3.05) is 19.6 Å². The third-order valence-electron chi connectivity index (χ3n) is 2.30. The molecule has 1 rings (SSSR count). The monoisotopic (exact) mass is 208 g/mol. The number of ether oxygens (including phenoxy) is 1. The second-order valence-electron chi connectivity index (χ2n) is 3.90. The van der Waals surface area contributed by atoms with Crippen molar-refractivity contribution in [2.24, 2.45) is 5.73 Å². The first-order valence-electron chi connectivity index (χ1n) is 4.99. The van der Waals surface area contributed by atoms with Crippen LogP contribution in [0.2, 0.25) is 0 Å². The van der Waals surface area contributed by atoms with Crippen LogP contribution in [0.1, 0.15) is 19.8 Å². The van der Waals surface area contributed by atoms with Gasteiger partial charge in [0.05, 0.1) is 6.10 Å². The number of hydrogen-bond acceptors (Lipinski definition) is 3. The van der Waals surface area contributed by atoms with Crippen LogP contribution in [0, 0.1) is 0 Å². The standard InChI is InChI=1S/C9H18F2N2O/c1-7(12)5-13-4-2-3-8(6-13)14-9(10)11/h7-9H,2-6,12H2,1H3/t7-,8?/m1/s1. The lowest BCUT2D eigenvalue weighted by Gasteiger charge is -2.33. The van der Waals surface area contributed by atoms with Gasteiger partial charge in [-0.2, -0.15) is 8.78 Å². The second kappa shape index (κ2) is 5.58. The highest BCUT2D eigenvalue weighted by atomic mass is 19.3. The maximum atomic E-state index is 11.9. The van der Waals surface area contributed by atoms with Crippen LogP contribution in [0.15, 0.2) is 0 Å². The largest absolute Gasteiger partial charge is 0.345 e. The van der Waals surface area contributed by atoms with Gasteiger partial charge < -0.3 is 10.5 Å². The van der Waals surface area contributed by atoms with Gasteiger partial charge in [-0.15, -0.1) is 0 Å². The summed E-state index contributed by atoms with van der Waals surface area (Å²) in [6.45, 7) is 1.52. The molecule has 0 spiro atoms. The van der Waals surface area contributed by atoms with Crippen molar-refractivity contribution in [2.45, 2.75) is 38.5 Å². The molecule has 0 aliphatic carbocycles. The van der Waals surface area contributed by atoms with E-state index in [9.17, 15) is 8.78 Å². The fourth-order valence-corrected chi connectivity index (χ4v) is 1.84. The minimum atomic E-state index is -2.66. The Kier molecular flexibility index (Phi) is 4.71. The van der Waals surface area contributed by atoms with Crippen LogP contribution in [-0.4, -0.2) is 43.3 Å². The molecule has 14 heavy (non-hydrogen) atoms. The molecule has 0 amide bonds. The normalized spacial score (nSPS) is 26.8. The fourth-order valence-electron chi connectivity index (χ4n) is 1.84. The van der Waals surface area contributed by atoms with Gasteiger partial charge in [0.15, 0.2) is 0 Å². The predicted molar refractivity (Wildman–Crippen MR) is 50.2 cm³/mol. The molecular weight excluding hydrogens is 190 g/mol. The lowest BCUT2D eigenvalue weighted by molar-refractivity contribution is -0.174. The Morgan fingerprint density at radius 1 is 1.57 bits per heavy atom. The van der Waals surface area contributed by atoms with Crippen molar-refractivity contribution < 1.29 is 13.5 Å². The quantitative estimate of drug-likeness (QED) is 0.750. The Hall–Kier alpha value is -0.260. The van der Waals surface area contributed by atoms with Gasteiger partial charge in [0, 0.05) is 19.1 Å². The zero-order valence-electron chi connectivity index (χ0n) is 8.46. The van der Waals surface area contributed by atoms with Crippen LogP contribution < -0.4 is 5.73 Å². The van der Waals surface area contributed by atoms with E-state index in [1.807, 2.05) is 6.92 Å². The summed E-state index contributed by atoms with van der Waals surface area (Å²) in [5.41, 5.74) is 5.64. The molecule has 84 valence electrons. The van der Waals surface area contributed by atoms with Crippen LogP contribution >= 0.6 is 0 Å². The number of alkyl halides is 2. The predicted octanol–water partition coefficient (Wildman–Crippen LogP) is 1.04. The summed E-state index contributed by atoms with van der Waals surface area (Å²) in [4.78, 5) is 2.08. The van der Waals surface area contributed by atoms with E-state index in [1.54, 1.807) is 0 Å². The lowest BCUT2D eigenvalue weighted by Crippen LogP contribution is -2.44. The molecular formula is C9H18F2N2O. The molecule has 1 saturated heterocycles. The Morgan fingerprint density at radius 2 is 2.29 bits per heavy atom. The molecule has 1 aliphatic heterocycles. The highest BCUT2D eigenvalue weighted by molar-refractivity contribution is 4.75. The van der Waals surface area contributed by atoms with Crippen molar-refractivity contribution in [3.63, 3.8) is 0 Å². The number of nitrogens with zero attached hydrogens (tertiary/aromatic N) is 1. The van der Waals surface area contributed by atoms with Crippen molar-refractivity contribution in [3.8, 4) is 0 Å². The summed E-state index contributed by atoms with van der Waals surface area (Å²) >= 11 is 0. The number of piperidine rings is 1. The highest BCUT2D eigenvalue weighted by Crippen LogP contribution is 2.15. The molecule has 2 atom stereocenters. The first kappa shape index (κ1) is 11.8. The summed E-state index contributed by atoms with van der Waals surface area (Å²) in [6.07, 6.45) is 1.30. The first-order valence-corrected chi connectivity index (χ1v) is 4.99. The molecule has 3 nitrogen and oxygen atoms in total. The van der Waals surface area contributed by atoms with Gasteiger partial charge in [-0.25, -0.2) is 0 Å². The SMILES string of the molecule is C[C@@H](N)CN1CCCC(OC(F)F)C1. The van der Waals surface area contributed by atoms with Gasteiger partial charge in [0.25, 0.3) is 0 Å². The molecule has 0 aromatic heterocycles. The Morgan fingerprint density at radius 3 is 2.86 bits per heavy atom. The summed E-state index contributed by atoms with van der Waals surface area (Å²) in [5.74, 6) is 0. The Labute approximate surface area is 83.2 Å². The summed E-state index contributed by atoms with van der Waals surface area (Å²) in [6, 6.07) is 0.0836. The van der Waals surface area contributed by atoms with E-state index < -0.39 is 6.61 Å². The third kappa shape index (κ3) is 4.30. The van der Waals surface area contributed by atoms with E-state index >= 15 is 0 Å². The number of halogens is 2. The highest BCUT2D eigenvalue weighted by Gasteiger charge is 2.23. The zero-order chi connectivity index (χ0) is 10.6. The molecule has 1 fully saturated rings. The average molecular weight is 208 g/mol. The van der Waals surface area contributed by atoms with Crippen molar-refractivity contribution in [3.05, 3.63) is 0 Å². The smallest absolute Gasteiger partial charge is 0.327 e. The Balaban J connectivity index is 2.28. The van der Waals surface area contributed by atoms with Crippen LogP contribution in [0.3, 0.4) is 0 Å². The van der Waals surface area contributed by atoms with Crippen LogP contribution in [0.4, 0.5) is 8.78 Å². The average Bonchev–Trinajstić information content (AvgIpc) is 2.01. The van der Waals surface area contributed by atoms with E-state index in [2.05, 4.69) is 9.64 Å². The van der Waals surface area contributed by atoms with E-state index in [0.29, 0.717) is 6.54 Å². The Bertz CT molecular complexity index is 151. The van der Waals surface area contributed by atoms with Crippen LogP contribution in [-0.2, 0) is 4.74 Å². The number of nitrogens with two attached hydrogens (primary N) is 1. The van der Waals surface area contributed by atoms with E-state index in [4.69, 9.17) is 5.73 Å². The number of rotatable bonds is 4. The molecule has 0 aromatic rings. The molecule has 2 N–H and O–H groups in total. The number of hydrogen-bond donors (Lipinski definition) is 1. The van der Waals surface area contributed by atoms with Crippen LogP contribution in [0.25, 0.3) is 0 Å². The topological polar surface area (TPSA) is 38.5 Å². The molecule has 1 aliphatic rings. The zero-order valence-corrected chi connectivity index (χ0v) is 8.46. The van der Waals surface area contributed by atoms with Gasteiger partial charge in [-0.1, -0.05) is 0 Å². The first-order chi connectivity index (χ1) is 6.58. The summed E-state index contributed by atoms with van der Waals surface area (Å²) in [5, 5.41) is 0. The molecule has 0 bridgehead atoms. The third-order valence-corrected chi connectivity index (χ3v) is 2.30. The van der Waals surface area contributed by atoms with Gasteiger partial charge >= 0.3 is 6.61 Å². The van der Waals surface area contributed by atoms with Gasteiger partial charge in [0.1, 0.15) is 0 Å². The van der Waals surface area contributed by atoms with Crippen LogP contribution in [0.5, 0.6) is 0 Å². The van der Waals surface area contributed by atoms with Gasteiger partial charge in [-0.3, -0.25) is 4.90 Å². The molecule has 1 heterocycles. The minimum absolute atomic E-state index is 0.0836. The van der Waals surface area contributed by atoms with E-state index in [1.165, 1.54) is 0 Å². The van der Waals surface area contributed by atoms with Gasteiger partial charge in [-0.05, 0) is 26.3 Å². The van der Waals surface area contributed by atoms with Crippen molar-refractivity contribution in [1.29, 1.82) is 0 Å². The second-order valence-corrected chi connectivity index (χ2v) is 3.90. The fraction of sp³-hybridized carbons (Fsp3) is 1.00. The maximum Gasteiger partial charge on any atom is 0.345 e. The molecule has 0 saturated carbocycles. The van der Waals surface area contributed by atoms with Gasteiger partial charge in [0.2, 0.25) is 0 Å². The summed E-state index contributed by atoms with van der Waals surface area (Å²) < 4.78 is 28.4. The molecule has 0 radical (unpaired) electrons. The summed E-state index contributed by atoms with van der Waals surface area (Å²) in [7, 11) is 0. The molecule has 1 unspecified atom stereocenters. The van der Waals surface area contributed by atoms with E-state index in [0.717, 1.165) is 25.9 Å². The minimum Gasteiger partial charge on any atom is -0.327 e. The lowest BCUT2D eigenvalue weighted by atomic mass is 10.1. The van der Waals surface area contributed by atoms with E-state index in [-0.39, 0.29) is 12.1 Å². The maximum absolute atomic E-state index is 11.9. The number of likely N-dealkylation sites (tertiary alicyclic amines) is 1. The molecule has 5 heteroatoms. The van der Waals surface area contributed by atoms with Crippen molar-refractivity contribution >= 4 is 0 Å². The molecule has 0 aromatic carbocycles.